The van der Waals surface area contributed by atoms with Crippen LogP contribution in [0.4, 0.5) is 4.39 Å². The summed E-state index contributed by atoms with van der Waals surface area (Å²) in [4.78, 5) is 8.84. The first-order valence-electron chi connectivity index (χ1n) is 6.87. The smallest absolute Gasteiger partial charge is 0.150 e. The Morgan fingerprint density at radius 3 is 2.96 bits per heavy atom. The van der Waals surface area contributed by atoms with E-state index in [2.05, 4.69) is 32.0 Å². The van der Waals surface area contributed by atoms with Crippen molar-refractivity contribution in [1.29, 1.82) is 0 Å². The summed E-state index contributed by atoms with van der Waals surface area (Å²) >= 11 is 6.63. The Bertz CT molecular complexity index is 1020. The number of benzene rings is 2. The van der Waals surface area contributed by atoms with Gasteiger partial charge in [0.15, 0.2) is 4.34 Å². The van der Waals surface area contributed by atoms with Crippen LogP contribution in [0.15, 0.2) is 45.5 Å². The lowest BCUT2D eigenvalue weighted by Gasteiger charge is -2.05. The number of thioether (sulfide) groups is 1. The van der Waals surface area contributed by atoms with Crippen molar-refractivity contribution in [2.75, 3.05) is 6.26 Å². The summed E-state index contributed by atoms with van der Waals surface area (Å²) < 4.78 is 19.0. The van der Waals surface area contributed by atoms with Crippen molar-refractivity contribution in [2.45, 2.75) is 10.9 Å². The number of nitrogens with zero attached hydrogens (tertiary/aromatic N) is 3. The average Bonchev–Trinajstić information content (AvgIpc) is 3.10. The van der Waals surface area contributed by atoms with E-state index >= 15 is 0 Å². The maximum Gasteiger partial charge on any atom is 0.150 e. The molecule has 4 rings (SSSR count). The number of aromatic nitrogens is 3. The summed E-state index contributed by atoms with van der Waals surface area (Å²) in [5.41, 5.74) is 3.30. The van der Waals surface area contributed by atoms with Crippen molar-refractivity contribution < 1.29 is 4.39 Å². The lowest BCUT2D eigenvalue weighted by Crippen LogP contribution is -1.99. The zero-order valence-corrected chi connectivity index (χ0v) is 15.3. The Kier molecular flexibility index (Phi) is 3.87. The number of rotatable bonds is 3. The highest BCUT2D eigenvalue weighted by Gasteiger charge is 2.11. The first-order chi connectivity index (χ1) is 11.1. The normalized spacial score (nSPS) is 11.6. The highest BCUT2D eigenvalue weighted by Crippen LogP contribution is 2.29. The fraction of sp³-hybridized carbons (Fsp3) is 0.125. The van der Waals surface area contributed by atoms with Gasteiger partial charge in [0, 0.05) is 11.0 Å². The van der Waals surface area contributed by atoms with Crippen molar-refractivity contribution in [3.8, 4) is 0 Å². The summed E-state index contributed by atoms with van der Waals surface area (Å²) in [5, 5.41) is 0. The maximum atomic E-state index is 14.2. The van der Waals surface area contributed by atoms with Crippen LogP contribution in [0.2, 0.25) is 0 Å². The van der Waals surface area contributed by atoms with E-state index in [9.17, 15) is 4.39 Å². The molecule has 0 amide bonds. The van der Waals surface area contributed by atoms with Crippen LogP contribution in [0, 0.1) is 5.82 Å². The van der Waals surface area contributed by atoms with Crippen LogP contribution >= 0.6 is 39.0 Å². The maximum absolute atomic E-state index is 14.2. The molecular formula is C16H11BrFN3S2. The van der Waals surface area contributed by atoms with E-state index < -0.39 is 0 Å². The first kappa shape index (κ1) is 15.1. The predicted molar refractivity (Wildman–Crippen MR) is 97.9 cm³/mol. The number of hydrogen-bond acceptors (Lipinski definition) is 4. The van der Waals surface area contributed by atoms with Crippen LogP contribution in [0.25, 0.3) is 21.3 Å². The number of fused-ring (bicyclic) bond motifs is 2. The van der Waals surface area contributed by atoms with E-state index in [1.165, 1.54) is 6.07 Å². The first-order valence-corrected chi connectivity index (χ1v) is 9.71. The van der Waals surface area contributed by atoms with Gasteiger partial charge in [-0.1, -0.05) is 33.8 Å². The standard InChI is InChI=1S/C16H11BrFN3S2/c1-22-16-20-12-3-2-9(4-14(12)23-16)7-21-8-19-13-6-10(17)5-11(18)15(13)21/h2-6,8H,7H2,1H3. The predicted octanol–water partition coefficient (Wildman–Crippen LogP) is 5.32. The molecule has 0 fully saturated rings. The Labute approximate surface area is 148 Å². The third-order valence-corrected chi connectivity index (χ3v) is 6.05. The van der Waals surface area contributed by atoms with Gasteiger partial charge < -0.3 is 4.57 Å². The quantitative estimate of drug-likeness (QED) is 0.430. The Morgan fingerprint density at radius 2 is 2.13 bits per heavy atom. The van der Waals surface area contributed by atoms with E-state index in [0.717, 1.165) is 20.1 Å². The summed E-state index contributed by atoms with van der Waals surface area (Å²) in [7, 11) is 0. The molecule has 0 bridgehead atoms. The Balaban J connectivity index is 1.75. The molecule has 23 heavy (non-hydrogen) atoms. The lowest BCUT2D eigenvalue weighted by molar-refractivity contribution is 0.627. The topological polar surface area (TPSA) is 30.7 Å². The molecule has 0 aliphatic heterocycles. The number of hydrogen-bond donors (Lipinski definition) is 0. The van der Waals surface area contributed by atoms with Gasteiger partial charge in [0.25, 0.3) is 0 Å². The molecule has 116 valence electrons. The minimum absolute atomic E-state index is 0.268. The van der Waals surface area contributed by atoms with Crippen molar-refractivity contribution in [3.63, 3.8) is 0 Å². The molecule has 4 aromatic rings. The number of imidazole rings is 1. The molecule has 7 heteroatoms. The molecule has 2 aromatic carbocycles. The molecule has 0 aliphatic carbocycles. The van der Waals surface area contributed by atoms with Crippen LogP contribution < -0.4 is 0 Å². The molecule has 0 saturated carbocycles. The van der Waals surface area contributed by atoms with E-state index in [1.807, 2.05) is 29.0 Å². The van der Waals surface area contributed by atoms with Gasteiger partial charge >= 0.3 is 0 Å². The molecule has 0 spiro atoms. The minimum Gasteiger partial charge on any atom is -0.324 e. The molecule has 2 aromatic heterocycles. The summed E-state index contributed by atoms with van der Waals surface area (Å²) in [6.07, 6.45) is 3.71. The van der Waals surface area contributed by atoms with Crippen molar-refractivity contribution in [2.24, 2.45) is 0 Å². The molecular weight excluding hydrogens is 397 g/mol. The fourth-order valence-electron chi connectivity index (χ4n) is 2.57. The van der Waals surface area contributed by atoms with Gasteiger partial charge in [0.1, 0.15) is 11.3 Å². The summed E-state index contributed by atoms with van der Waals surface area (Å²) in [6.45, 7) is 0.581. The number of thiazole rings is 1. The Morgan fingerprint density at radius 1 is 1.26 bits per heavy atom. The zero-order valence-electron chi connectivity index (χ0n) is 12.1. The molecule has 0 radical (unpaired) electrons. The van der Waals surface area contributed by atoms with Gasteiger partial charge in [-0.25, -0.2) is 14.4 Å². The second-order valence-corrected chi connectivity index (χ2v) is 8.11. The van der Waals surface area contributed by atoms with Crippen LogP contribution in [-0.4, -0.2) is 20.8 Å². The monoisotopic (exact) mass is 407 g/mol. The van der Waals surface area contributed by atoms with Gasteiger partial charge in [-0.15, -0.1) is 11.3 Å². The van der Waals surface area contributed by atoms with E-state index in [1.54, 1.807) is 29.4 Å². The van der Waals surface area contributed by atoms with Gasteiger partial charge in [-0.2, -0.15) is 0 Å². The van der Waals surface area contributed by atoms with Gasteiger partial charge in [0.05, 0.1) is 22.1 Å². The van der Waals surface area contributed by atoms with Gasteiger partial charge in [0.2, 0.25) is 0 Å². The van der Waals surface area contributed by atoms with Gasteiger partial charge in [-0.05, 0) is 36.1 Å². The molecule has 0 saturated heterocycles. The van der Waals surface area contributed by atoms with Crippen LogP contribution in [0.1, 0.15) is 5.56 Å². The van der Waals surface area contributed by atoms with Crippen molar-refractivity contribution in [1.82, 2.24) is 14.5 Å². The van der Waals surface area contributed by atoms with Crippen LogP contribution in [0.5, 0.6) is 0 Å². The minimum atomic E-state index is -0.268. The third-order valence-electron chi connectivity index (χ3n) is 3.59. The van der Waals surface area contributed by atoms with Crippen LogP contribution in [-0.2, 0) is 6.54 Å². The fourth-order valence-corrected chi connectivity index (χ4v) is 4.55. The molecule has 3 nitrogen and oxygen atoms in total. The van der Waals surface area contributed by atoms with Gasteiger partial charge in [-0.3, -0.25) is 0 Å². The molecule has 2 heterocycles. The molecule has 0 unspecified atom stereocenters. The SMILES string of the molecule is CSc1nc2ccc(Cn3cnc4cc(Br)cc(F)c43)cc2s1. The zero-order chi connectivity index (χ0) is 16.0. The van der Waals surface area contributed by atoms with Crippen molar-refractivity contribution >= 4 is 60.3 Å². The summed E-state index contributed by atoms with van der Waals surface area (Å²) in [5.74, 6) is -0.268. The van der Waals surface area contributed by atoms with E-state index in [4.69, 9.17) is 0 Å². The van der Waals surface area contributed by atoms with E-state index in [-0.39, 0.29) is 5.82 Å². The molecule has 0 atom stereocenters. The third kappa shape index (κ3) is 2.77. The largest absolute Gasteiger partial charge is 0.324 e. The molecule has 0 aliphatic rings. The van der Waals surface area contributed by atoms with Crippen molar-refractivity contribution in [3.05, 3.63) is 52.5 Å². The molecule has 0 N–H and O–H groups in total. The average molecular weight is 408 g/mol. The second kappa shape index (κ2) is 5.89. The van der Waals surface area contributed by atoms with E-state index in [0.29, 0.717) is 22.1 Å². The van der Waals surface area contributed by atoms with Crippen LogP contribution in [0.3, 0.4) is 0 Å². The highest BCUT2D eigenvalue weighted by molar-refractivity contribution is 9.10. The Hall–Kier alpha value is -1.44. The second-order valence-electron chi connectivity index (χ2n) is 5.11. The number of halogens is 2. The lowest BCUT2D eigenvalue weighted by atomic mass is 10.2. The summed E-state index contributed by atoms with van der Waals surface area (Å²) in [6, 6.07) is 9.47. The highest BCUT2D eigenvalue weighted by atomic mass is 79.9.